The summed E-state index contributed by atoms with van der Waals surface area (Å²) in [6, 6.07) is 7.90. The molecule has 0 aromatic heterocycles. The van der Waals surface area contributed by atoms with Gasteiger partial charge >= 0.3 is 18.0 Å². The first-order chi connectivity index (χ1) is 17.5. The summed E-state index contributed by atoms with van der Waals surface area (Å²) in [5.41, 5.74) is 1.29. The number of hydrogen-bond acceptors (Lipinski definition) is 6. The second-order valence-electron chi connectivity index (χ2n) is 11.5. The smallest absolute Gasteiger partial charge is 0.410 e. The molecule has 1 N–H and O–H groups in total. The minimum atomic E-state index is -1.37. The Morgan fingerprint density at radius 2 is 1.54 bits per heavy atom. The van der Waals surface area contributed by atoms with Gasteiger partial charge in [-0.3, -0.25) is 9.69 Å². The third-order valence-corrected chi connectivity index (χ3v) is 7.33. The van der Waals surface area contributed by atoms with Gasteiger partial charge in [0, 0.05) is 24.8 Å². The number of rotatable bonds is 9. The van der Waals surface area contributed by atoms with Crippen LogP contribution in [0.4, 0.5) is 10.5 Å². The first-order valence-corrected chi connectivity index (χ1v) is 13.8. The fourth-order valence-electron chi connectivity index (χ4n) is 5.55. The molecule has 0 spiro atoms. The number of carbonyl (C=O) groups excluding carboxylic acids is 2. The lowest BCUT2D eigenvalue weighted by atomic mass is 9.88. The van der Waals surface area contributed by atoms with Crippen molar-refractivity contribution in [3.05, 3.63) is 29.8 Å². The third-order valence-electron chi connectivity index (χ3n) is 7.33. The van der Waals surface area contributed by atoms with Gasteiger partial charge in [-0.25, -0.2) is 9.59 Å². The molecule has 1 aromatic rings. The van der Waals surface area contributed by atoms with Gasteiger partial charge in [0.15, 0.2) is 0 Å². The Labute approximate surface area is 221 Å². The number of likely N-dealkylation sites (N-methyl/N-ethyl adjacent to an activating group) is 1. The number of esters is 1. The van der Waals surface area contributed by atoms with Crippen molar-refractivity contribution in [1.29, 1.82) is 0 Å². The highest BCUT2D eigenvalue weighted by molar-refractivity contribution is 5.85. The van der Waals surface area contributed by atoms with Gasteiger partial charge in [0.05, 0.1) is 6.42 Å². The summed E-state index contributed by atoms with van der Waals surface area (Å²) in [7, 11) is 1.33. The number of carboxylic acid groups (broad SMARTS) is 1. The van der Waals surface area contributed by atoms with Crippen molar-refractivity contribution in [2.45, 2.75) is 122 Å². The molecule has 8 nitrogen and oxygen atoms in total. The zero-order chi connectivity index (χ0) is 27.0. The fraction of sp³-hybridized carbons (Fsp3) is 0.690. The Bertz CT molecular complexity index is 897. The molecule has 1 atom stereocenters. The summed E-state index contributed by atoms with van der Waals surface area (Å²) in [4.78, 5) is 40.3. The molecule has 3 rings (SSSR count). The highest BCUT2D eigenvalue weighted by Gasteiger charge is 2.32. The van der Waals surface area contributed by atoms with Crippen molar-refractivity contribution >= 4 is 23.7 Å². The number of nitrogens with zero attached hydrogens (tertiary/aromatic N) is 2. The molecule has 0 heterocycles. The van der Waals surface area contributed by atoms with E-state index in [1.165, 1.54) is 76.9 Å². The van der Waals surface area contributed by atoms with Crippen LogP contribution in [0.25, 0.3) is 0 Å². The highest BCUT2D eigenvalue weighted by Crippen LogP contribution is 2.34. The first kappa shape index (κ1) is 28.8. The summed E-state index contributed by atoms with van der Waals surface area (Å²) in [5.74, 6) is -1.97. The molecule has 2 aliphatic rings. The molecule has 1 amide bonds. The number of carbonyl (C=O) groups is 3. The second-order valence-corrected chi connectivity index (χ2v) is 11.5. The Morgan fingerprint density at radius 1 is 0.973 bits per heavy atom. The Balaban J connectivity index is 1.66. The second kappa shape index (κ2) is 13.2. The van der Waals surface area contributed by atoms with E-state index in [1.807, 2.05) is 12.1 Å². The van der Waals surface area contributed by atoms with Crippen LogP contribution in [0, 0.1) is 0 Å². The van der Waals surface area contributed by atoms with E-state index in [0.717, 1.165) is 10.5 Å². The van der Waals surface area contributed by atoms with Crippen LogP contribution in [0.5, 0.6) is 0 Å². The van der Waals surface area contributed by atoms with E-state index in [2.05, 4.69) is 17.0 Å². The molecule has 206 valence electrons. The van der Waals surface area contributed by atoms with Crippen LogP contribution in [-0.4, -0.2) is 58.8 Å². The van der Waals surface area contributed by atoms with Crippen molar-refractivity contribution in [2.75, 3.05) is 11.9 Å². The van der Waals surface area contributed by atoms with Gasteiger partial charge in [0.1, 0.15) is 18.2 Å². The molecular formula is C29H44N2O6. The van der Waals surface area contributed by atoms with Gasteiger partial charge in [-0.2, -0.15) is 0 Å². The van der Waals surface area contributed by atoms with Crippen LogP contribution in [-0.2, 0) is 25.7 Å². The topological polar surface area (TPSA) is 96.4 Å². The number of anilines is 1. The lowest BCUT2D eigenvalue weighted by molar-refractivity contribution is -0.160. The van der Waals surface area contributed by atoms with E-state index in [0.29, 0.717) is 12.1 Å². The van der Waals surface area contributed by atoms with Crippen LogP contribution in [0.15, 0.2) is 24.3 Å². The molecule has 0 bridgehead atoms. The predicted octanol–water partition coefficient (Wildman–Crippen LogP) is 5.91. The minimum absolute atomic E-state index is 0.0267. The Hall–Kier alpha value is -2.77. The zero-order valence-electron chi connectivity index (χ0n) is 22.9. The lowest BCUT2D eigenvalue weighted by Gasteiger charge is -2.43. The van der Waals surface area contributed by atoms with Gasteiger partial charge < -0.3 is 19.5 Å². The van der Waals surface area contributed by atoms with E-state index in [-0.39, 0.29) is 6.61 Å². The molecular weight excluding hydrogens is 472 g/mol. The van der Waals surface area contributed by atoms with Crippen molar-refractivity contribution in [1.82, 2.24) is 4.90 Å². The quantitative estimate of drug-likeness (QED) is 0.408. The van der Waals surface area contributed by atoms with Gasteiger partial charge in [-0.1, -0.05) is 50.7 Å². The lowest BCUT2D eigenvalue weighted by Crippen LogP contribution is -2.45. The molecule has 0 radical (unpaired) electrons. The first-order valence-electron chi connectivity index (χ1n) is 13.8. The zero-order valence-corrected chi connectivity index (χ0v) is 22.9. The molecule has 2 fully saturated rings. The van der Waals surface area contributed by atoms with Crippen LogP contribution in [0.2, 0.25) is 0 Å². The summed E-state index contributed by atoms with van der Waals surface area (Å²) < 4.78 is 10.7. The highest BCUT2D eigenvalue weighted by atomic mass is 16.6. The average molecular weight is 517 g/mol. The van der Waals surface area contributed by atoms with Crippen LogP contribution < -0.4 is 4.90 Å². The van der Waals surface area contributed by atoms with Crippen LogP contribution in [0.3, 0.4) is 0 Å². The van der Waals surface area contributed by atoms with Crippen molar-refractivity contribution in [3.63, 3.8) is 0 Å². The van der Waals surface area contributed by atoms with E-state index >= 15 is 0 Å². The van der Waals surface area contributed by atoms with Crippen molar-refractivity contribution < 1.29 is 29.0 Å². The minimum Gasteiger partial charge on any atom is -0.480 e. The average Bonchev–Trinajstić information content (AvgIpc) is 2.86. The number of hydrogen-bond donors (Lipinski definition) is 1. The van der Waals surface area contributed by atoms with Crippen molar-refractivity contribution in [2.24, 2.45) is 0 Å². The molecule has 0 aliphatic heterocycles. The van der Waals surface area contributed by atoms with E-state index in [1.54, 1.807) is 20.8 Å². The summed E-state index contributed by atoms with van der Waals surface area (Å²) in [6.07, 6.45) is 11.3. The van der Waals surface area contributed by atoms with E-state index in [4.69, 9.17) is 9.47 Å². The molecule has 1 aromatic carbocycles. The maximum atomic E-state index is 12.7. The third kappa shape index (κ3) is 8.64. The maximum Gasteiger partial charge on any atom is 0.410 e. The molecule has 37 heavy (non-hydrogen) atoms. The molecule has 2 saturated carbocycles. The Morgan fingerprint density at radius 3 is 2.05 bits per heavy atom. The van der Waals surface area contributed by atoms with Gasteiger partial charge in [0.2, 0.25) is 0 Å². The number of amides is 1. The Kier molecular flexibility index (Phi) is 10.2. The summed E-state index contributed by atoms with van der Waals surface area (Å²) >= 11 is 0. The normalized spacial score (nSPS) is 18.1. The largest absolute Gasteiger partial charge is 0.480 e. The van der Waals surface area contributed by atoms with Crippen molar-refractivity contribution in [3.8, 4) is 0 Å². The van der Waals surface area contributed by atoms with Crippen LogP contribution in [0.1, 0.15) is 97.0 Å². The number of benzene rings is 1. The number of aliphatic carboxylic acids is 1. The summed E-state index contributed by atoms with van der Waals surface area (Å²) in [5, 5.41) is 9.61. The van der Waals surface area contributed by atoms with E-state index in [9.17, 15) is 19.5 Å². The van der Waals surface area contributed by atoms with Gasteiger partial charge in [-0.05, 0) is 64.2 Å². The molecule has 0 saturated heterocycles. The van der Waals surface area contributed by atoms with Gasteiger partial charge in [-0.15, -0.1) is 0 Å². The molecule has 1 unspecified atom stereocenters. The van der Waals surface area contributed by atoms with E-state index < -0.39 is 36.1 Å². The van der Waals surface area contributed by atoms with Crippen LogP contribution >= 0.6 is 0 Å². The fourth-order valence-corrected chi connectivity index (χ4v) is 5.55. The number of ether oxygens (including phenoxy) is 2. The predicted molar refractivity (Wildman–Crippen MR) is 143 cm³/mol. The SMILES string of the molecule is CN(C(=O)OCc1cccc(N(C2CCCCC2)C2CCCCC2)c1)C(CC(=O)OC(C)(C)C)C(=O)O. The standard InChI is InChI=1S/C29H44N2O6/c1-29(2,3)37-26(32)19-25(27(33)34)30(4)28(35)36-20-21-12-11-17-24(18-21)31(22-13-7-5-8-14-22)23-15-9-6-10-16-23/h11-12,17-18,22-23,25H,5-10,13-16,19-20H2,1-4H3,(H,33,34). The molecule has 2 aliphatic carbocycles. The van der Waals surface area contributed by atoms with Gasteiger partial charge in [0.25, 0.3) is 0 Å². The molecule has 8 heteroatoms. The number of carboxylic acids is 1. The summed E-state index contributed by atoms with van der Waals surface area (Å²) in [6.45, 7) is 5.14. The maximum absolute atomic E-state index is 12.7. The monoisotopic (exact) mass is 516 g/mol.